The van der Waals surface area contributed by atoms with Gasteiger partial charge in [0.05, 0.1) is 13.2 Å². The van der Waals surface area contributed by atoms with E-state index < -0.39 is 18.3 Å². The van der Waals surface area contributed by atoms with E-state index in [0.717, 1.165) is 0 Å². The molecule has 1 unspecified atom stereocenters. The summed E-state index contributed by atoms with van der Waals surface area (Å²) in [6.45, 7) is 1.15. The molecule has 0 radical (unpaired) electrons. The van der Waals surface area contributed by atoms with Gasteiger partial charge in [0.15, 0.2) is 0 Å². The summed E-state index contributed by atoms with van der Waals surface area (Å²) in [6.07, 6.45) is -2.46. The molecular formula is C10H21F3N2O. The summed E-state index contributed by atoms with van der Waals surface area (Å²) in [6, 6.07) is 0. The van der Waals surface area contributed by atoms with Crippen LogP contribution >= 0.6 is 0 Å². The molecule has 0 fully saturated rings. The number of aliphatic hydroxyl groups is 1. The summed E-state index contributed by atoms with van der Waals surface area (Å²) in [4.78, 5) is 1.22. The first-order valence-corrected chi connectivity index (χ1v) is 5.37. The zero-order valence-electron chi connectivity index (χ0n) is 9.85. The fourth-order valence-corrected chi connectivity index (χ4v) is 1.45. The Balaban J connectivity index is 3.81. The molecule has 0 bridgehead atoms. The lowest BCUT2D eigenvalue weighted by atomic mass is 9.92. The lowest BCUT2D eigenvalue weighted by Crippen LogP contribution is -2.43. The fourth-order valence-electron chi connectivity index (χ4n) is 1.45. The Morgan fingerprint density at radius 3 is 2.25 bits per heavy atom. The van der Waals surface area contributed by atoms with E-state index in [4.69, 9.17) is 10.8 Å². The van der Waals surface area contributed by atoms with Gasteiger partial charge < -0.3 is 10.8 Å². The van der Waals surface area contributed by atoms with Gasteiger partial charge in [0.1, 0.15) is 0 Å². The zero-order chi connectivity index (χ0) is 12.8. The molecule has 0 aliphatic rings. The van der Waals surface area contributed by atoms with Gasteiger partial charge in [0, 0.05) is 5.54 Å². The minimum Gasteiger partial charge on any atom is -0.394 e. The second-order valence-corrected chi connectivity index (χ2v) is 4.33. The van der Waals surface area contributed by atoms with Crippen LogP contribution in [0, 0.1) is 0 Å². The number of nitrogens with two attached hydrogens (primary N) is 1. The third-order valence-corrected chi connectivity index (χ3v) is 2.68. The molecule has 0 aliphatic carbocycles. The van der Waals surface area contributed by atoms with E-state index >= 15 is 0 Å². The van der Waals surface area contributed by atoms with E-state index in [9.17, 15) is 13.2 Å². The van der Waals surface area contributed by atoms with Crippen molar-refractivity contribution < 1.29 is 18.3 Å². The van der Waals surface area contributed by atoms with Crippen molar-refractivity contribution in [2.24, 2.45) is 5.73 Å². The molecule has 0 saturated carbocycles. The van der Waals surface area contributed by atoms with Crippen LogP contribution in [-0.2, 0) is 0 Å². The number of halogens is 3. The number of hydrogen-bond donors (Lipinski definition) is 2. The Morgan fingerprint density at radius 2 is 1.88 bits per heavy atom. The van der Waals surface area contributed by atoms with Crippen LogP contribution in [0.1, 0.15) is 26.2 Å². The highest BCUT2D eigenvalue weighted by Crippen LogP contribution is 2.17. The molecule has 1 atom stereocenters. The molecule has 0 spiro atoms. The molecular weight excluding hydrogens is 221 g/mol. The smallest absolute Gasteiger partial charge is 0.394 e. The molecule has 3 N–H and O–H groups in total. The molecule has 0 aliphatic heterocycles. The average Bonchev–Trinajstić information content (AvgIpc) is 2.14. The number of hydrogen-bond acceptors (Lipinski definition) is 3. The summed E-state index contributed by atoms with van der Waals surface area (Å²) >= 11 is 0. The van der Waals surface area contributed by atoms with E-state index in [0.29, 0.717) is 25.8 Å². The van der Waals surface area contributed by atoms with Gasteiger partial charge in [-0.15, -0.1) is 0 Å². The van der Waals surface area contributed by atoms with Crippen molar-refractivity contribution in [3.63, 3.8) is 0 Å². The van der Waals surface area contributed by atoms with Gasteiger partial charge in [-0.05, 0) is 32.9 Å². The first kappa shape index (κ1) is 15.7. The summed E-state index contributed by atoms with van der Waals surface area (Å²) in [5.41, 5.74) is 5.17. The van der Waals surface area contributed by atoms with E-state index in [1.165, 1.54) is 11.9 Å². The maximum atomic E-state index is 12.0. The Labute approximate surface area is 94.4 Å². The van der Waals surface area contributed by atoms with E-state index in [2.05, 4.69) is 0 Å². The molecule has 0 aromatic carbocycles. The van der Waals surface area contributed by atoms with E-state index in [1.54, 1.807) is 0 Å². The van der Waals surface area contributed by atoms with Crippen LogP contribution < -0.4 is 5.73 Å². The van der Waals surface area contributed by atoms with Crippen molar-refractivity contribution in [2.75, 3.05) is 26.7 Å². The van der Waals surface area contributed by atoms with Crippen molar-refractivity contribution in [2.45, 2.75) is 37.9 Å². The van der Waals surface area contributed by atoms with E-state index in [-0.39, 0.29) is 6.61 Å². The standard InChI is InChI=1S/C10H21F3N2O/c1-3-9(14,8-16)5-4-6-15(2)7-10(11,12)13/h16H,3-8,14H2,1-2H3. The summed E-state index contributed by atoms with van der Waals surface area (Å²) in [7, 11) is 1.43. The maximum Gasteiger partial charge on any atom is 0.401 e. The van der Waals surface area contributed by atoms with Gasteiger partial charge in [0.25, 0.3) is 0 Å². The predicted octanol–water partition coefficient (Wildman–Crippen LogP) is 1.36. The number of aliphatic hydroxyl groups excluding tert-OH is 1. The minimum atomic E-state index is -4.16. The average molecular weight is 242 g/mol. The Hall–Kier alpha value is -0.330. The molecule has 6 heteroatoms. The van der Waals surface area contributed by atoms with Gasteiger partial charge in [-0.3, -0.25) is 4.90 Å². The quantitative estimate of drug-likeness (QED) is 0.708. The lowest BCUT2D eigenvalue weighted by molar-refractivity contribution is -0.143. The minimum absolute atomic E-state index is 0.132. The van der Waals surface area contributed by atoms with Crippen molar-refractivity contribution in [1.82, 2.24) is 4.90 Å². The van der Waals surface area contributed by atoms with Crippen molar-refractivity contribution in [3.8, 4) is 0 Å². The Kier molecular flexibility index (Phi) is 6.28. The van der Waals surface area contributed by atoms with Crippen LogP contribution in [0.3, 0.4) is 0 Å². The van der Waals surface area contributed by atoms with Crippen molar-refractivity contribution >= 4 is 0 Å². The van der Waals surface area contributed by atoms with Gasteiger partial charge in [-0.1, -0.05) is 6.92 Å². The van der Waals surface area contributed by atoms with Crippen LogP contribution in [0.2, 0.25) is 0 Å². The molecule has 3 nitrogen and oxygen atoms in total. The van der Waals surface area contributed by atoms with Gasteiger partial charge >= 0.3 is 6.18 Å². The summed E-state index contributed by atoms with van der Waals surface area (Å²) in [5, 5.41) is 9.02. The van der Waals surface area contributed by atoms with Crippen LogP contribution in [0.4, 0.5) is 13.2 Å². The molecule has 0 aromatic heterocycles. The monoisotopic (exact) mass is 242 g/mol. The topological polar surface area (TPSA) is 49.5 Å². The Bertz CT molecular complexity index is 193. The van der Waals surface area contributed by atoms with Crippen molar-refractivity contribution in [3.05, 3.63) is 0 Å². The van der Waals surface area contributed by atoms with Crippen molar-refractivity contribution in [1.29, 1.82) is 0 Å². The predicted molar refractivity (Wildman–Crippen MR) is 57.1 cm³/mol. The summed E-state index contributed by atoms with van der Waals surface area (Å²) in [5.74, 6) is 0. The molecule has 0 amide bonds. The number of alkyl halides is 3. The highest BCUT2D eigenvalue weighted by Gasteiger charge is 2.29. The molecule has 0 saturated heterocycles. The van der Waals surface area contributed by atoms with Crippen LogP contribution in [0.15, 0.2) is 0 Å². The van der Waals surface area contributed by atoms with E-state index in [1.807, 2.05) is 6.92 Å². The second-order valence-electron chi connectivity index (χ2n) is 4.33. The third-order valence-electron chi connectivity index (χ3n) is 2.68. The lowest BCUT2D eigenvalue weighted by Gasteiger charge is -2.27. The zero-order valence-corrected chi connectivity index (χ0v) is 9.85. The van der Waals surface area contributed by atoms with Gasteiger partial charge in [-0.25, -0.2) is 0 Å². The van der Waals surface area contributed by atoms with Gasteiger partial charge in [0.2, 0.25) is 0 Å². The largest absolute Gasteiger partial charge is 0.401 e. The Morgan fingerprint density at radius 1 is 1.31 bits per heavy atom. The number of rotatable bonds is 7. The molecule has 16 heavy (non-hydrogen) atoms. The molecule has 0 heterocycles. The van der Waals surface area contributed by atoms with Crippen LogP contribution in [0.5, 0.6) is 0 Å². The first-order chi connectivity index (χ1) is 7.22. The molecule has 98 valence electrons. The van der Waals surface area contributed by atoms with Crippen LogP contribution in [-0.4, -0.2) is 48.5 Å². The maximum absolute atomic E-state index is 12.0. The second kappa shape index (κ2) is 6.42. The highest BCUT2D eigenvalue weighted by atomic mass is 19.4. The fraction of sp³-hybridized carbons (Fsp3) is 1.00. The SMILES string of the molecule is CCC(N)(CO)CCCN(C)CC(F)(F)F. The molecule has 0 aromatic rings. The molecule has 0 rings (SSSR count). The third kappa shape index (κ3) is 7.03. The number of nitrogens with zero attached hydrogens (tertiary/aromatic N) is 1. The summed E-state index contributed by atoms with van der Waals surface area (Å²) < 4.78 is 36.0. The first-order valence-electron chi connectivity index (χ1n) is 5.37. The normalized spacial score (nSPS) is 16.5. The van der Waals surface area contributed by atoms with Gasteiger partial charge in [-0.2, -0.15) is 13.2 Å². The highest BCUT2D eigenvalue weighted by molar-refractivity contribution is 4.81. The van der Waals surface area contributed by atoms with Crippen LogP contribution in [0.25, 0.3) is 0 Å².